The highest BCUT2D eigenvalue weighted by Gasteiger charge is 2.30. The number of ether oxygens (including phenoxy) is 1. The first-order valence-corrected chi connectivity index (χ1v) is 6.99. The topological polar surface area (TPSA) is 87.7 Å². The van der Waals surface area contributed by atoms with Crippen molar-refractivity contribution in [2.24, 2.45) is 0 Å². The van der Waals surface area contributed by atoms with Gasteiger partial charge in [0.1, 0.15) is 0 Å². The molecular weight excluding hydrogens is 319 g/mol. The molecule has 1 aromatic rings. The van der Waals surface area contributed by atoms with E-state index in [1.54, 1.807) is 7.11 Å². The van der Waals surface area contributed by atoms with Crippen LogP contribution in [0.2, 0.25) is 10.0 Å². The predicted octanol–water partition coefficient (Wildman–Crippen LogP) is 2.99. The van der Waals surface area contributed by atoms with E-state index in [9.17, 15) is 9.59 Å². The summed E-state index contributed by atoms with van der Waals surface area (Å²) in [5.41, 5.74) is 0.140. The summed E-state index contributed by atoms with van der Waals surface area (Å²) >= 11 is 11.9. The number of carboxylic acid groups (broad SMARTS) is 1. The summed E-state index contributed by atoms with van der Waals surface area (Å²) in [6, 6.07) is 2.07. The summed E-state index contributed by atoms with van der Waals surface area (Å²) < 4.78 is 5.12. The SMILES string of the molecule is COC1CC(NC(=O)Nc2c(Cl)cc(C(=O)O)cc2Cl)C1. The number of rotatable bonds is 4. The van der Waals surface area contributed by atoms with Crippen LogP contribution in [-0.2, 0) is 4.74 Å². The van der Waals surface area contributed by atoms with E-state index in [0.717, 1.165) is 12.8 Å². The summed E-state index contributed by atoms with van der Waals surface area (Å²) in [7, 11) is 1.63. The van der Waals surface area contributed by atoms with Crippen molar-refractivity contribution in [3.05, 3.63) is 27.7 Å². The van der Waals surface area contributed by atoms with Crippen LogP contribution in [-0.4, -0.2) is 36.4 Å². The maximum absolute atomic E-state index is 11.8. The third-order valence-electron chi connectivity index (χ3n) is 3.29. The predicted molar refractivity (Wildman–Crippen MR) is 79.4 cm³/mol. The number of carbonyl (C=O) groups is 2. The second-order valence-electron chi connectivity index (χ2n) is 4.74. The van der Waals surface area contributed by atoms with E-state index in [-0.39, 0.29) is 33.4 Å². The molecule has 0 aromatic heterocycles. The molecule has 1 saturated carbocycles. The van der Waals surface area contributed by atoms with Crippen LogP contribution >= 0.6 is 23.2 Å². The van der Waals surface area contributed by atoms with Gasteiger partial charge in [-0.15, -0.1) is 0 Å². The number of hydrogen-bond acceptors (Lipinski definition) is 3. The van der Waals surface area contributed by atoms with Gasteiger partial charge in [0.2, 0.25) is 0 Å². The number of carboxylic acids is 1. The molecular formula is C13H14Cl2N2O4. The average Bonchev–Trinajstić information content (AvgIpc) is 2.37. The highest BCUT2D eigenvalue weighted by molar-refractivity contribution is 6.40. The van der Waals surface area contributed by atoms with Gasteiger partial charge in [0.25, 0.3) is 0 Å². The lowest BCUT2D eigenvalue weighted by molar-refractivity contribution is 0.0210. The second kappa shape index (κ2) is 6.51. The monoisotopic (exact) mass is 332 g/mol. The van der Waals surface area contributed by atoms with Gasteiger partial charge in [-0.05, 0) is 25.0 Å². The van der Waals surface area contributed by atoms with Gasteiger partial charge in [0.15, 0.2) is 0 Å². The van der Waals surface area contributed by atoms with Crippen molar-refractivity contribution < 1.29 is 19.4 Å². The third-order valence-corrected chi connectivity index (χ3v) is 3.89. The van der Waals surface area contributed by atoms with Crippen molar-refractivity contribution in [3.8, 4) is 0 Å². The number of halogens is 2. The zero-order valence-electron chi connectivity index (χ0n) is 11.2. The molecule has 0 saturated heterocycles. The zero-order chi connectivity index (χ0) is 15.6. The Hall–Kier alpha value is -1.50. The van der Waals surface area contributed by atoms with E-state index >= 15 is 0 Å². The number of amides is 2. The summed E-state index contributed by atoms with van der Waals surface area (Å²) in [6.07, 6.45) is 1.68. The Morgan fingerprint density at radius 2 is 1.86 bits per heavy atom. The first-order chi connectivity index (χ1) is 9.90. The van der Waals surface area contributed by atoms with Gasteiger partial charge in [0, 0.05) is 13.2 Å². The minimum atomic E-state index is -1.14. The van der Waals surface area contributed by atoms with Crippen LogP contribution in [0.5, 0.6) is 0 Å². The first-order valence-electron chi connectivity index (χ1n) is 6.23. The normalized spacial score (nSPS) is 20.5. The molecule has 3 N–H and O–H groups in total. The molecule has 0 aliphatic heterocycles. The Kier molecular flexibility index (Phi) is 4.92. The van der Waals surface area contributed by atoms with Crippen LogP contribution in [0.3, 0.4) is 0 Å². The van der Waals surface area contributed by atoms with Crippen LogP contribution in [0, 0.1) is 0 Å². The number of urea groups is 1. The van der Waals surface area contributed by atoms with Crippen molar-refractivity contribution in [3.63, 3.8) is 0 Å². The van der Waals surface area contributed by atoms with Crippen LogP contribution in [0.15, 0.2) is 12.1 Å². The maximum Gasteiger partial charge on any atom is 0.335 e. The minimum absolute atomic E-state index is 0.0436. The first kappa shape index (κ1) is 15.9. The fourth-order valence-corrected chi connectivity index (χ4v) is 2.61. The molecule has 2 rings (SSSR count). The van der Waals surface area contributed by atoms with Crippen molar-refractivity contribution in [2.45, 2.75) is 25.0 Å². The van der Waals surface area contributed by atoms with E-state index in [1.807, 2.05) is 0 Å². The summed E-state index contributed by atoms with van der Waals surface area (Å²) in [5, 5.41) is 14.3. The minimum Gasteiger partial charge on any atom is -0.478 e. The van der Waals surface area contributed by atoms with E-state index in [1.165, 1.54) is 12.1 Å². The molecule has 114 valence electrons. The second-order valence-corrected chi connectivity index (χ2v) is 5.56. The van der Waals surface area contributed by atoms with Gasteiger partial charge < -0.3 is 20.5 Å². The van der Waals surface area contributed by atoms with Gasteiger partial charge in [-0.1, -0.05) is 23.2 Å². The molecule has 6 nitrogen and oxygen atoms in total. The van der Waals surface area contributed by atoms with Gasteiger partial charge in [-0.2, -0.15) is 0 Å². The molecule has 1 aromatic carbocycles. The van der Waals surface area contributed by atoms with Crippen molar-refractivity contribution in [2.75, 3.05) is 12.4 Å². The van der Waals surface area contributed by atoms with E-state index in [4.69, 9.17) is 33.0 Å². The maximum atomic E-state index is 11.8. The number of nitrogens with one attached hydrogen (secondary N) is 2. The molecule has 0 bridgehead atoms. The third kappa shape index (κ3) is 3.78. The zero-order valence-corrected chi connectivity index (χ0v) is 12.7. The van der Waals surface area contributed by atoms with Crippen molar-refractivity contribution >= 4 is 40.9 Å². The Morgan fingerprint density at radius 1 is 1.29 bits per heavy atom. The lowest BCUT2D eigenvalue weighted by Gasteiger charge is -2.34. The quantitative estimate of drug-likeness (QED) is 0.790. The summed E-state index contributed by atoms with van der Waals surface area (Å²) in [5.74, 6) is -1.14. The number of hydrogen-bond donors (Lipinski definition) is 3. The summed E-state index contributed by atoms with van der Waals surface area (Å²) in [6.45, 7) is 0. The molecule has 0 radical (unpaired) electrons. The van der Waals surface area contributed by atoms with Crippen molar-refractivity contribution in [1.82, 2.24) is 5.32 Å². The Bertz CT molecular complexity index is 550. The Balaban J connectivity index is 1.99. The average molecular weight is 333 g/mol. The fourth-order valence-electron chi connectivity index (χ4n) is 2.03. The number of aromatic carboxylic acids is 1. The van der Waals surface area contributed by atoms with E-state index < -0.39 is 12.0 Å². The van der Waals surface area contributed by atoms with Crippen molar-refractivity contribution in [1.29, 1.82) is 0 Å². The molecule has 2 amide bonds. The molecule has 1 aliphatic carbocycles. The van der Waals surface area contributed by atoms with Crippen LogP contribution < -0.4 is 10.6 Å². The number of methoxy groups -OCH3 is 1. The van der Waals surface area contributed by atoms with Crippen LogP contribution in [0.1, 0.15) is 23.2 Å². The highest BCUT2D eigenvalue weighted by Crippen LogP contribution is 2.32. The van der Waals surface area contributed by atoms with Crippen LogP contribution in [0.4, 0.5) is 10.5 Å². The van der Waals surface area contributed by atoms with E-state index in [0.29, 0.717) is 0 Å². The smallest absolute Gasteiger partial charge is 0.335 e. The Labute approximate surface area is 131 Å². The highest BCUT2D eigenvalue weighted by atomic mass is 35.5. The Morgan fingerprint density at radius 3 is 2.33 bits per heavy atom. The van der Waals surface area contributed by atoms with Gasteiger partial charge in [-0.3, -0.25) is 0 Å². The molecule has 1 aliphatic rings. The fraction of sp³-hybridized carbons (Fsp3) is 0.385. The standard InChI is InChI=1S/C13H14Cl2N2O4/c1-21-8-4-7(5-8)16-13(20)17-11-9(14)2-6(12(18)19)3-10(11)15/h2-3,7-8H,4-5H2,1H3,(H,18,19)(H2,16,17,20). The molecule has 1 fully saturated rings. The number of benzene rings is 1. The molecule has 0 unspecified atom stereocenters. The molecule has 0 spiro atoms. The molecule has 0 atom stereocenters. The van der Waals surface area contributed by atoms with Gasteiger partial charge in [0.05, 0.1) is 27.4 Å². The number of carbonyl (C=O) groups excluding carboxylic acids is 1. The molecule has 8 heteroatoms. The van der Waals surface area contributed by atoms with Gasteiger partial charge in [-0.25, -0.2) is 9.59 Å². The molecule has 21 heavy (non-hydrogen) atoms. The summed E-state index contributed by atoms with van der Waals surface area (Å²) in [4.78, 5) is 22.7. The molecule has 0 heterocycles. The van der Waals surface area contributed by atoms with E-state index in [2.05, 4.69) is 10.6 Å². The van der Waals surface area contributed by atoms with Gasteiger partial charge >= 0.3 is 12.0 Å². The lowest BCUT2D eigenvalue weighted by atomic mass is 9.89. The lowest BCUT2D eigenvalue weighted by Crippen LogP contribution is -2.48. The number of anilines is 1. The largest absolute Gasteiger partial charge is 0.478 e. The van der Waals surface area contributed by atoms with Crippen LogP contribution in [0.25, 0.3) is 0 Å².